The number of carbonyl (C=O) groups is 2. The van der Waals surface area contributed by atoms with Crippen molar-refractivity contribution in [3.63, 3.8) is 0 Å². The van der Waals surface area contributed by atoms with E-state index in [0.29, 0.717) is 18.9 Å². The Hall–Kier alpha value is -3.02. The van der Waals surface area contributed by atoms with Crippen molar-refractivity contribution < 1.29 is 22.7 Å². The molecule has 3 aromatic rings. The lowest BCUT2D eigenvalue weighted by molar-refractivity contribution is -0.139. The fourth-order valence-corrected chi connectivity index (χ4v) is 6.42. The van der Waals surface area contributed by atoms with Gasteiger partial charge in [0.2, 0.25) is 11.8 Å². The standard InChI is InChI=1S/C30H36BrN3O5S2/c1-5-18-32-30(36)22(3)33(20-23-10-9-11-24(31)19-23)29(35)21-34(27-12-7-8-13-28(27)39-6-2)41(37,38)26-16-14-25(40-4)15-17-26/h7-17,19,22H,5-6,18,20-21H2,1-4H3,(H,32,36)/t22-/m1/s1. The lowest BCUT2D eigenvalue weighted by Gasteiger charge is -2.32. The fourth-order valence-electron chi connectivity index (χ4n) is 4.14. The average molecular weight is 663 g/mol. The Bertz CT molecular complexity index is 1430. The second-order valence-electron chi connectivity index (χ2n) is 9.21. The van der Waals surface area contributed by atoms with E-state index >= 15 is 0 Å². The van der Waals surface area contributed by atoms with Gasteiger partial charge in [-0.3, -0.25) is 13.9 Å². The van der Waals surface area contributed by atoms with Crippen molar-refractivity contribution in [2.45, 2.75) is 49.6 Å². The Kier molecular flexibility index (Phi) is 12.1. The largest absolute Gasteiger partial charge is 0.492 e. The number of halogens is 1. The molecule has 0 saturated heterocycles. The second-order valence-corrected chi connectivity index (χ2v) is 12.9. The molecule has 0 saturated carbocycles. The van der Waals surface area contributed by atoms with Crippen molar-refractivity contribution >= 4 is 55.2 Å². The van der Waals surface area contributed by atoms with Crippen LogP contribution in [0.2, 0.25) is 0 Å². The summed E-state index contributed by atoms with van der Waals surface area (Å²) in [5.41, 5.74) is 1.03. The van der Waals surface area contributed by atoms with Gasteiger partial charge in [-0.2, -0.15) is 0 Å². The molecule has 11 heteroatoms. The molecular formula is C30H36BrN3O5S2. The van der Waals surface area contributed by atoms with Gasteiger partial charge in [0, 0.05) is 22.5 Å². The maximum absolute atomic E-state index is 14.1. The first-order chi connectivity index (χ1) is 19.6. The summed E-state index contributed by atoms with van der Waals surface area (Å²) < 4.78 is 35.9. The first-order valence-electron chi connectivity index (χ1n) is 13.3. The fraction of sp³-hybridized carbons (Fsp3) is 0.333. The van der Waals surface area contributed by atoms with Gasteiger partial charge in [-0.25, -0.2) is 8.42 Å². The number of carbonyl (C=O) groups excluding carboxylic acids is 2. The number of sulfonamides is 1. The van der Waals surface area contributed by atoms with Gasteiger partial charge in [0.15, 0.2) is 0 Å². The third-order valence-corrected chi connectivity index (χ3v) is 9.33. The Labute approximate surface area is 255 Å². The summed E-state index contributed by atoms with van der Waals surface area (Å²) in [5, 5.41) is 2.85. The van der Waals surface area contributed by atoms with Crippen LogP contribution >= 0.6 is 27.7 Å². The molecular weight excluding hydrogens is 626 g/mol. The number of ether oxygens (including phenoxy) is 1. The number of nitrogens with one attached hydrogen (secondary N) is 1. The van der Waals surface area contributed by atoms with E-state index in [-0.39, 0.29) is 23.0 Å². The van der Waals surface area contributed by atoms with Crippen LogP contribution in [0.15, 0.2) is 87.1 Å². The normalized spacial score (nSPS) is 11.9. The van der Waals surface area contributed by atoms with Crippen LogP contribution in [0, 0.1) is 0 Å². The molecule has 220 valence electrons. The average Bonchev–Trinajstić information content (AvgIpc) is 2.97. The van der Waals surface area contributed by atoms with E-state index in [4.69, 9.17) is 4.74 Å². The second kappa shape index (κ2) is 15.3. The van der Waals surface area contributed by atoms with E-state index in [1.807, 2.05) is 37.4 Å². The number of anilines is 1. The highest BCUT2D eigenvalue weighted by atomic mass is 79.9. The zero-order valence-electron chi connectivity index (χ0n) is 23.7. The maximum Gasteiger partial charge on any atom is 0.264 e. The van der Waals surface area contributed by atoms with Gasteiger partial charge >= 0.3 is 0 Å². The molecule has 0 aliphatic rings. The molecule has 3 rings (SSSR count). The van der Waals surface area contributed by atoms with Crippen molar-refractivity contribution in [2.24, 2.45) is 0 Å². The zero-order valence-corrected chi connectivity index (χ0v) is 26.9. The molecule has 2 amide bonds. The van der Waals surface area contributed by atoms with E-state index in [1.54, 1.807) is 50.2 Å². The number of hydrogen-bond donors (Lipinski definition) is 1. The van der Waals surface area contributed by atoms with Crippen LogP contribution in [0.1, 0.15) is 32.8 Å². The number of thioether (sulfide) groups is 1. The summed E-state index contributed by atoms with van der Waals surface area (Å²) in [7, 11) is -4.20. The molecule has 0 radical (unpaired) electrons. The molecule has 0 heterocycles. The Morgan fingerprint density at radius 1 is 1.02 bits per heavy atom. The van der Waals surface area contributed by atoms with Gasteiger partial charge in [0.1, 0.15) is 18.3 Å². The van der Waals surface area contributed by atoms with Crippen molar-refractivity contribution in [2.75, 3.05) is 30.3 Å². The van der Waals surface area contributed by atoms with E-state index < -0.39 is 28.5 Å². The van der Waals surface area contributed by atoms with Crippen LogP contribution in [0.4, 0.5) is 5.69 Å². The lowest BCUT2D eigenvalue weighted by atomic mass is 10.1. The lowest BCUT2D eigenvalue weighted by Crippen LogP contribution is -2.51. The van der Waals surface area contributed by atoms with Gasteiger partial charge in [-0.05, 0) is 80.6 Å². The molecule has 0 aromatic heterocycles. The number of amides is 2. The topological polar surface area (TPSA) is 96.0 Å². The van der Waals surface area contributed by atoms with Gasteiger partial charge in [-0.15, -0.1) is 11.8 Å². The highest BCUT2D eigenvalue weighted by Gasteiger charge is 2.33. The maximum atomic E-state index is 14.1. The van der Waals surface area contributed by atoms with Gasteiger partial charge < -0.3 is 15.0 Å². The predicted octanol–water partition coefficient (Wildman–Crippen LogP) is 5.71. The number of para-hydroxylation sites is 2. The summed E-state index contributed by atoms with van der Waals surface area (Å²) in [6.07, 6.45) is 2.65. The van der Waals surface area contributed by atoms with Crippen LogP contribution in [-0.4, -0.2) is 57.1 Å². The summed E-state index contributed by atoms with van der Waals surface area (Å²) in [4.78, 5) is 29.4. The first-order valence-corrected chi connectivity index (χ1v) is 16.8. The van der Waals surface area contributed by atoms with Gasteiger partial charge in [0.05, 0.1) is 17.2 Å². The Morgan fingerprint density at radius 2 is 1.73 bits per heavy atom. The summed E-state index contributed by atoms with van der Waals surface area (Å²) in [6.45, 7) is 5.76. The minimum Gasteiger partial charge on any atom is -0.492 e. The molecule has 0 fully saturated rings. The van der Waals surface area contributed by atoms with Crippen LogP contribution < -0.4 is 14.4 Å². The highest BCUT2D eigenvalue weighted by molar-refractivity contribution is 9.10. The molecule has 8 nitrogen and oxygen atoms in total. The summed E-state index contributed by atoms with van der Waals surface area (Å²) in [5.74, 6) is -0.508. The van der Waals surface area contributed by atoms with Crippen molar-refractivity contribution in [3.05, 3.63) is 82.8 Å². The van der Waals surface area contributed by atoms with Crippen LogP contribution in [0.3, 0.4) is 0 Å². The molecule has 0 bridgehead atoms. The van der Waals surface area contributed by atoms with Crippen molar-refractivity contribution in [3.8, 4) is 5.75 Å². The smallest absolute Gasteiger partial charge is 0.264 e. The molecule has 1 N–H and O–H groups in total. The van der Waals surface area contributed by atoms with E-state index in [2.05, 4.69) is 21.2 Å². The van der Waals surface area contributed by atoms with Crippen LogP contribution in [-0.2, 0) is 26.2 Å². The minimum atomic E-state index is -4.20. The number of benzene rings is 3. The Balaban J connectivity index is 2.07. The van der Waals surface area contributed by atoms with E-state index in [1.165, 1.54) is 28.8 Å². The highest BCUT2D eigenvalue weighted by Crippen LogP contribution is 2.33. The predicted molar refractivity (Wildman–Crippen MR) is 168 cm³/mol. The van der Waals surface area contributed by atoms with E-state index in [9.17, 15) is 18.0 Å². The molecule has 3 aromatic carbocycles. The van der Waals surface area contributed by atoms with Crippen molar-refractivity contribution in [1.82, 2.24) is 10.2 Å². The van der Waals surface area contributed by atoms with Crippen molar-refractivity contribution in [1.29, 1.82) is 0 Å². The monoisotopic (exact) mass is 661 g/mol. The van der Waals surface area contributed by atoms with Crippen LogP contribution in [0.25, 0.3) is 0 Å². The molecule has 0 aliphatic carbocycles. The Morgan fingerprint density at radius 3 is 2.37 bits per heavy atom. The quantitative estimate of drug-likeness (QED) is 0.223. The van der Waals surface area contributed by atoms with Gasteiger partial charge in [0.25, 0.3) is 10.0 Å². The molecule has 0 unspecified atom stereocenters. The zero-order chi connectivity index (χ0) is 30.0. The van der Waals surface area contributed by atoms with Gasteiger partial charge in [-0.1, -0.05) is 47.1 Å². The third-order valence-electron chi connectivity index (χ3n) is 6.32. The summed E-state index contributed by atoms with van der Waals surface area (Å²) >= 11 is 4.96. The SMILES string of the molecule is CCCNC(=O)[C@@H](C)N(Cc1cccc(Br)c1)C(=O)CN(c1ccccc1OCC)S(=O)(=O)c1ccc(SC)cc1. The number of rotatable bonds is 14. The van der Waals surface area contributed by atoms with E-state index in [0.717, 1.165) is 25.7 Å². The first kappa shape index (κ1) is 32.5. The summed E-state index contributed by atoms with van der Waals surface area (Å²) in [6, 6.07) is 19.8. The minimum absolute atomic E-state index is 0.0432. The third kappa shape index (κ3) is 8.50. The molecule has 0 aliphatic heterocycles. The number of nitrogens with zero attached hydrogens (tertiary/aromatic N) is 2. The molecule has 41 heavy (non-hydrogen) atoms. The molecule has 1 atom stereocenters. The number of hydrogen-bond acceptors (Lipinski definition) is 6. The van der Waals surface area contributed by atoms with Crippen LogP contribution in [0.5, 0.6) is 5.75 Å². The molecule has 0 spiro atoms.